The zero-order valence-corrected chi connectivity index (χ0v) is 9.57. The molecule has 1 aromatic carbocycles. The molecular formula is C13H19NO. The van der Waals surface area contributed by atoms with Gasteiger partial charge in [0.25, 0.3) is 0 Å². The monoisotopic (exact) mass is 205 g/mol. The third-order valence-corrected chi connectivity index (χ3v) is 2.98. The number of rotatable bonds is 4. The number of ether oxygens (including phenoxy) is 1. The van der Waals surface area contributed by atoms with Crippen molar-refractivity contribution in [3.63, 3.8) is 0 Å². The van der Waals surface area contributed by atoms with E-state index in [9.17, 15) is 0 Å². The molecule has 82 valence electrons. The molecule has 1 aliphatic heterocycles. The SMILES string of the molecule is CCN1CC(OCc2ccc(C)cc2)C1. The molecule has 1 aliphatic rings. The fourth-order valence-corrected chi connectivity index (χ4v) is 1.78. The molecular weight excluding hydrogens is 186 g/mol. The molecule has 2 nitrogen and oxygen atoms in total. The average Bonchev–Trinajstić information content (AvgIpc) is 2.19. The van der Waals surface area contributed by atoms with Gasteiger partial charge in [-0.3, -0.25) is 4.90 Å². The minimum atomic E-state index is 0.450. The Balaban J connectivity index is 1.72. The zero-order chi connectivity index (χ0) is 10.7. The molecule has 0 saturated carbocycles. The van der Waals surface area contributed by atoms with Crippen LogP contribution in [0.4, 0.5) is 0 Å². The molecule has 2 heteroatoms. The maximum Gasteiger partial charge on any atom is 0.0833 e. The first-order chi connectivity index (χ1) is 7.28. The van der Waals surface area contributed by atoms with Crippen molar-refractivity contribution in [2.75, 3.05) is 19.6 Å². The van der Waals surface area contributed by atoms with Gasteiger partial charge in [-0.1, -0.05) is 36.8 Å². The number of aryl methyl sites for hydroxylation is 1. The second kappa shape index (κ2) is 4.77. The van der Waals surface area contributed by atoms with Crippen LogP contribution < -0.4 is 0 Å². The van der Waals surface area contributed by atoms with Crippen LogP contribution in [0.2, 0.25) is 0 Å². The predicted molar refractivity (Wildman–Crippen MR) is 61.9 cm³/mol. The van der Waals surface area contributed by atoms with E-state index >= 15 is 0 Å². The van der Waals surface area contributed by atoms with Crippen molar-refractivity contribution in [3.8, 4) is 0 Å². The van der Waals surface area contributed by atoms with E-state index in [-0.39, 0.29) is 0 Å². The van der Waals surface area contributed by atoms with E-state index in [1.165, 1.54) is 11.1 Å². The Morgan fingerprint density at radius 1 is 1.27 bits per heavy atom. The molecule has 0 aliphatic carbocycles. The third kappa shape index (κ3) is 2.80. The molecule has 0 spiro atoms. The first kappa shape index (κ1) is 10.7. The molecule has 0 unspecified atom stereocenters. The summed E-state index contributed by atoms with van der Waals surface area (Å²) in [6.07, 6.45) is 0.450. The molecule has 0 radical (unpaired) electrons. The van der Waals surface area contributed by atoms with Crippen molar-refractivity contribution in [3.05, 3.63) is 35.4 Å². The predicted octanol–water partition coefficient (Wildman–Crippen LogP) is 2.22. The molecule has 15 heavy (non-hydrogen) atoms. The van der Waals surface area contributed by atoms with Crippen LogP contribution in [0.15, 0.2) is 24.3 Å². The van der Waals surface area contributed by atoms with Gasteiger partial charge in [0.05, 0.1) is 12.7 Å². The summed E-state index contributed by atoms with van der Waals surface area (Å²) in [5.74, 6) is 0. The molecule has 0 amide bonds. The van der Waals surface area contributed by atoms with Crippen LogP contribution in [-0.4, -0.2) is 30.6 Å². The van der Waals surface area contributed by atoms with E-state index in [4.69, 9.17) is 4.74 Å². The number of benzene rings is 1. The summed E-state index contributed by atoms with van der Waals surface area (Å²) in [5.41, 5.74) is 2.58. The molecule has 1 saturated heterocycles. The molecule has 0 N–H and O–H groups in total. The first-order valence-corrected chi connectivity index (χ1v) is 5.67. The summed E-state index contributed by atoms with van der Waals surface area (Å²) in [6.45, 7) is 8.39. The van der Waals surface area contributed by atoms with Gasteiger partial charge >= 0.3 is 0 Å². The smallest absolute Gasteiger partial charge is 0.0833 e. The molecule has 2 rings (SSSR count). The van der Waals surface area contributed by atoms with Gasteiger partial charge in [0.2, 0.25) is 0 Å². The summed E-state index contributed by atoms with van der Waals surface area (Å²) >= 11 is 0. The molecule has 1 fully saturated rings. The third-order valence-electron chi connectivity index (χ3n) is 2.98. The van der Waals surface area contributed by atoms with Gasteiger partial charge < -0.3 is 4.74 Å². The molecule has 0 atom stereocenters. The van der Waals surface area contributed by atoms with Crippen LogP contribution in [-0.2, 0) is 11.3 Å². The lowest BCUT2D eigenvalue weighted by atomic mass is 10.1. The highest BCUT2D eigenvalue weighted by atomic mass is 16.5. The van der Waals surface area contributed by atoms with Crippen molar-refractivity contribution in [2.24, 2.45) is 0 Å². The van der Waals surface area contributed by atoms with Gasteiger partial charge in [-0.2, -0.15) is 0 Å². The molecule has 0 aromatic heterocycles. The Morgan fingerprint density at radius 2 is 1.93 bits per heavy atom. The second-order valence-electron chi connectivity index (χ2n) is 4.27. The quantitative estimate of drug-likeness (QED) is 0.747. The Kier molecular flexibility index (Phi) is 3.39. The fraction of sp³-hybridized carbons (Fsp3) is 0.538. The lowest BCUT2D eigenvalue weighted by Gasteiger charge is -2.38. The molecule has 1 heterocycles. The van der Waals surface area contributed by atoms with Gasteiger partial charge in [0.15, 0.2) is 0 Å². The minimum absolute atomic E-state index is 0.450. The minimum Gasteiger partial charge on any atom is -0.371 e. The van der Waals surface area contributed by atoms with Crippen LogP contribution in [0.25, 0.3) is 0 Å². The van der Waals surface area contributed by atoms with Crippen LogP contribution in [0, 0.1) is 6.92 Å². The topological polar surface area (TPSA) is 12.5 Å². The van der Waals surface area contributed by atoms with E-state index in [2.05, 4.69) is 43.0 Å². The van der Waals surface area contributed by atoms with E-state index in [0.29, 0.717) is 6.10 Å². The van der Waals surface area contributed by atoms with Crippen molar-refractivity contribution in [2.45, 2.75) is 26.6 Å². The highest BCUT2D eigenvalue weighted by molar-refractivity contribution is 5.20. The van der Waals surface area contributed by atoms with Crippen LogP contribution in [0.5, 0.6) is 0 Å². The van der Waals surface area contributed by atoms with E-state index in [0.717, 1.165) is 26.2 Å². The standard InChI is InChI=1S/C13H19NO/c1-3-14-8-13(9-14)15-10-12-6-4-11(2)5-7-12/h4-7,13H,3,8-10H2,1-2H3. The maximum absolute atomic E-state index is 5.79. The van der Waals surface area contributed by atoms with Gasteiger partial charge in [0.1, 0.15) is 0 Å². The summed E-state index contributed by atoms with van der Waals surface area (Å²) in [4.78, 5) is 2.39. The Bertz CT molecular complexity index is 301. The van der Waals surface area contributed by atoms with Gasteiger partial charge in [-0.25, -0.2) is 0 Å². The van der Waals surface area contributed by atoms with Crippen LogP contribution in [0.1, 0.15) is 18.1 Å². The number of likely N-dealkylation sites (tertiary alicyclic amines) is 1. The van der Waals surface area contributed by atoms with Gasteiger partial charge in [-0.05, 0) is 19.0 Å². The van der Waals surface area contributed by atoms with Crippen LogP contribution >= 0.6 is 0 Å². The Morgan fingerprint density at radius 3 is 2.53 bits per heavy atom. The van der Waals surface area contributed by atoms with Gasteiger partial charge in [-0.15, -0.1) is 0 Å². The van der Waals surface area contributed by atoms with E-state index in [1.54, 1.807) is 0 Å². The fourth-order valence-electron chi connectivity index (χ4n) is 1.78. The van der Waals surface area contributed by atoms with Gasteiger partial charge in [0, 0.05) is 13.1 Å². The first-order valence-electron chi connectivity index (χ1n) is 5.67. The maximum atomic E-state index is 5.79. The largest absolute Gasteiger partial charge is 0.371 e. The molecule has 0 bridgehead atoms. The lowest BCUT2D eigenvalue weighted by molar-refractivity contribution is -0.0603. The zero-order valence-electron chi connectivity index (χ0n) is 9.57. The number of hydrogen-bond donors (Lipinski definition) is 0. The highest BCUT2D eigenvalue weighted by Gasteiger charge is 2.25. The lowest BCUT2D eigenvalue weighted by Crippen LogP contribution is -2.51. The number of likely N-dealkylation sites (N-methyl/N-ethyl adjacent to an activating group) is 1. The van der Waals surface area contributed by atoms with Crippen molar-refractivity contribution >= 4 is 0 Å². The van der Waals surface area contributed by atoms with E-state index in [1.807, 2.05) is 0 Å². The molecule has 1 aromatic rings. The number of hydrogen-bond acceptors (Lipinski definition) is 2. The second-order valence-corrected chi connectivity index (χ2v) is 4.27. The summed E-state index contributed by atoms with van der Waals surface area (Å²) in [7, 11) is 0. The summed E-state index contributed by atoms with van der Waals surface area (Å²) < 4.78 is 5.79. The summed E-state index contributed by atoms with van der Waals surface area (Å²) in [6, 6.07) is 8.56. The van der Waals surface area contributed by atoms with E-state index < -0.39 is 0 Å². The number of nitrogens with zero attached hydrogens (tertiary/aromatic N) is 1. The Hall–Kier alpha value is -0.860. The van der Waals surface area contributed by atoms with Crippen LogP contribution in [0.3, 0.4) is 0 Å². The normalized spacial score (nSPS) is 17.7. The highest BCUT2D eigenvalue weighted by Crippen LogP contribution is 2.13. The summed E-state index contributed by atoms with van der Waals surface area (Å²) in [5, 5.41) is 0. The van der Waals surface area contributed by atoms with Crippen molar-refractivity contribution in [1.82, 2.24) is 4.90 Å². The van der Waals surface area contributed by atoms with Crippen molar-refractivity contribution < 1.29 is 4.74 Å². The Labute approximate surface area is 91.9 Å². The average molecular weight is 205 g/mol. The van der Waals surface area contributed by atoms with Crippen molar-refractivity contribution in [1.29, 1.82) is 0 Å².